The molecule has 0 aromatic heterocycles. The molecule has 22 heavy (non-hydrogen) atoms. The first kappa shape index (κ1) is 18.2. The molecule has 3 N–H and O–H groups in total. The molecule has 0 saturated heterocycles. The van der Waals surface area contributed by atoms with Gasteiger partial charge in [-0.2, -0.15) is 0 Å². The summed E-state index contributed by atoms with van der Waals surface area (Å²) in [6, 6.07) is 5.59. The van der Waals surface area contributed by atoms with Gasteiger partial charge in [0.15, 0.2) is 5.11 Å². The van der Waals surface area contributed by atoms with Crippen molar-refractivity contribution in [1.29, 1.82) is 0 Å². The van der Waals surface area contributed by atoms with Crippen molar-refractivity contribution in [3.05, 3.63) is 18.2 Å². The maximum absolute atomic E-state index is 11.3. The lowest BCUT2D eigenvalue weighted by atomic mass is 10.2. The van der Waals surface area contributed by atoms with Gasteiger partial charge < -0.3 is 15.4 Å². The lowest BCUT2D eigenvalue weighted by molar-refractivity contribution is -0.114. The minimum Gasteiger partial charge on any atom is -0.453 e. The van der Waals surface area contributed by atoms with Gasteiger partial charge >= 0.3 is 6.09 Å². The molecule has 2 amide bonds. The summed E-state index contributed by atoms with van der Waals surface area (Å²) in [5, 5.41) is 8.06. The Morgan fingerprint density at radius 1 is 1.27 bits per heavy atom. The first-order valence-corrected chi connectivity index (χ1v) is 8.06. The van der Waals surface area contributed by atoms with Crippen LogP contribution in [0.15, 0.2) is 23.1 Å². The number of hydrogen-bond acceptors (Lipinski definition) is 5. The second-order valence-electron chi connectivity index (χ2n) is 4.31. The molecule has 0 saturated carbocycles. The van der Waals surface area contributed by atoms with E-state index >= 15 is 0 Å². The number of amides is 2. The van der Waals surface area contributed by atoms with Gasteiger partial charge in [-0.05, 0) is 42.6 Å². The standard InChI is InChI=1S/C14H19N3O3S2/c1-4-7-22-10-5-6-11(15-9(2)18)12(8-10)16-13(21)17-14(19)20-3/h5-6,8H,4,7H2,1-3H3,(H,15,18)(H2,16,17,19,21). The summed E-state index contributed by atoms with van der Waals surface area (Å²) in [6.07, 6.45) is 0.401. The van der Waals surface area contributed by atoms with Gasteiger partial charge in [0.2, 0.25) is 5.91 Å². The van der Waals surface area contributed by atoms with Crippen LogP contribution >= 0.6 is 24.0 Å². The molecular weight excluding hydrogens is 322 g/mol. The number of thiocarbonyl (C=S) groups is 1. The third kappa shape index (κ3) is 6.31. The molecule has 0 unspecified atom stereocenters. The summed E-state index contributed by atoms with van der Waals surface area (Å²) < 4.78 is 4.48. The van der Waals surface area contributed by atoms with E-state index in [1.165, 1.54) is 14.0 Å². The van der Waals surface area contributed by atoms with Gasteiger partial charge in [-0.15, -0.1) is 11.8 Å². The molecule has 120 valence electrons. The molecule has 8 heteroatoms. The van der Waals surface area contributed by atoms with Gasteiger partial charge in [0.25, 0.3) is 0 Å². The monoisotopic (exact) mass is 341 g/mol. The topological polar surface area (TPSA) is 79.5 Å². The molecule has 0 fully saturated rings. The SMILES string of the molecule is CCCSc1ccc(NC(C)=O)c(NC(=S)NC(=O)OC)c1. The van der Waals surface area contributed by atoms with E-state index in [0.29, 0.717) is 11.4 Å². The molecule has 0 radical (unpaired) electrons. The van der Waals surface area contributed by atoms with Crippen LogP contribution in [0.1, 0.15) is 20.3 Å². The van der Waals surface area contributed by atoms with E-state index in [1.807, 2.05) is 12.1 Å². The highest BCUT2D eigenvalue weighted by atomic mass is 32.2. The second kappa shape index (κ2) is 9.26. The van der Waals surface area contributed by atoms with Crippen LogP contribution in [-0.2, 0) is 9.53 Å². The first-order chi connectivity index (χ1) is 10.5. The highest BCUT2D eigenvalue weighted by Crippen LogP contribution is 2.29. The van der Waals surface area contributed by atoms with E-state index in [2.05, 4.69) is 27.6 Å². The smallest absolute Gasteiger partial charge is 0.413 e. The Hall–Kier alpha value is -1.80. The molecule has 0 aliphatic carbocycles. The van der Waals surface area contributed by atoms with Gasteiger partial charge in [0.05, 0.1) is 18.5 Å². The van der Waals surface area contributed by atoms with Crippen molar-refractivity contribution in [2.45, 2.75) is 25.2 Å². The van der Waals surface area contributed by atoms with Crippen LogP contribution < -0.4 is 16.0 Å². The average molecular weight is 341 g/mol. The predicted molar refractivity (Wildman–Crippen MR) is 93.5 cm³/mol. The molecule has 0 bridgehead atoms. The normalized spacial score (nSPS) is 9.77. The van der Waals surface area contributed by atoms with Gasteiger partial charge in [-0.3, -0.25) is 10.1 Å². The largest absolute Gasteiger partial charge is 0.453 e. The quantitative estimate of drug-likeness (QED) is 0.564. The van der Waals surface area contributed by atoms with Gasteiger partial charge in [0.1, 0.15) is 0 Å². The molecule has 0 aliphatic rings. The summed E-state index contributed by atoms with van der Waals surface area (Å²) in [7, 11) is 1.25. The van der Waals surface area contributed by atoms with Crippen molar-refractivity contribution < 1.29 is 14.3 Å². The fraction of sp³-hybridized carbons (Fsp3) is 0.357. The molecule has 1 aromatic carbocycles. The third-order valence-corrected chi connectivity index (χ3v) is 3.83. The maximum atomic E-state index is 11.3. The van der Waals surface area contributed by atoms with E-state index in [0.717, 1.165) is 17.1 Å². The van der Waals surface area contributed by atoms with Crippen LogP contribution in [0, 0.1) is 0 Å². The van der Waals surface area contributed by atoms with E-state index in [1.54, 1.807) is 17.8 Å². The van der Waals surface area contributed by atoms with Crippen LogP contribution in [0.2, 0.25) is 0 Å². The summed E-state index contributed by atoms with van der Waals surface area (Å²) in [4.78, 5) is 23.5. The van der Waals surface area contributed by atoms with Crippen LogP contribution in [0.5, 0.6) is 0 Å². The van der Waals surface area contributed by atoms with Crippen LogP contribution in [-0.4, -0.2) is 30.0 Å². The van der Waals surface area contributed by atoms with Gasteiger partial charge in [-0.1, -0.05) is 6.92 Å². The molecule has 1 rings (SSSR count). The van der Waals surface area contributed by atoms with Crippen molar-refractivity contribution >= 4 is 52.5 Å². The molecule has 0 spiro atoms. The van der Waals surface area contributed by atoms with Crippen molar-refractivity contribution in [3.63, 3.8) is 0 Å². The van der Waals surface area contributed by atoms with Gasteiger partial charge in [0, 0.05) is 11.8 Å². The minimum atomic E-state index is -0.657. The zero-order valence-electron chi connectivity index (χ0n) is 12.7. The molecule has 0 heterocycles. The number of rotatable bonds is 5. The lowest BCUT2D eigenvalue weighted by Crippen LogP contribution is -2.34. The summed E-state index contributed by atoms with van der Waals surface area (Å²) in [5.74, 6) is 0.799. The number of benzene rings is 1. The molecule has 1 aromatic rings. The maximum Gasteiger partial charge on any atom is 0.413 e. The Bertz CT molecular complexity index is 564. The van der Waals surface area contributed by atoms with Crippen molar-refractivity contribution in [1.82, 2.24) is 5.32 Å². The zero-order valence-corrected chi connectivity index (χ0v) is 14.3. The number of carbonyl (C=O) groups is 2. The van der Waals surface area contributed by atoms with Crippen molar-refractivity contribution in [3.8, 4) is 0 Å². The Balaban J connectivity index is 2.92. The highest BCUT2D eigenvalue weighted by Gasteiger charge is 2.09. The fourth-order valence-electron chi connectivity index (χ4n) is 1.53. The molecule has 0 aliphatic heterocycles. The molecule has 0 atom stereocenters. The van der Waals surface area contributed by atoms with E-state index in [4.69, 9.17) is 12.2 Å². The number of carbonyl (C=O) groups excluding carboxylic acids is 2. The average Bonchev–Trinajstić information content (AvgIpc) is 2.46. The molecular formula is C14H19N3O3S2. The summed E-state index contributed by atoms with van der Waals surface area (Å²) in [6.45, 7) is 3.53. The number of ether oxygens (including phenoxy) is 1. The summed E-state index contributed by atoms with van der Waals surface area (Å²) in [5.41, 5.74) is 1.19. The van der Waals surface area contributed by atoms with E-state index in [9.17, 15) is 9.59 Å². The number of thioether (sulfide) groups is 1. The van der Waals surface area contributed by atoms with Crippen molar-refractivity contribution in [2.75, 3.05) is 23.5 Å². The molecule has 6 nitrogen and oxygen atoms in total. The van der Waals surface area contributed by atoms with E-state index in [-0.39, 0.29) is 11.0 Å². The number of anilines is 2. The van der Waals surface area contributed by atoms with Gasteiger partial charge in [-0.25, -0.2) is 4.79 Å². The zero-order chi connectivity index (χ0) is 16.5. The fourth-order valence-corrected chi connectivity index (χ4v) is 2.53. The van der Waals surface area contributed by atoms with Crippen LogP contribution in [0.4, 0.5) is 16.2 Å². The Labute approximate surface area is 139 Å². The Morgan fingerprint density at radius 2 is 2.00 bits per heavy atom. The Kier molecular flexibility index (Phi) is 7.69. The lowest BCUT2D eigenvalue weighted by Gasteiger charge is -2.14. The minimum absolute atomic E-state index is 0.0936. The first-order valence-electron chi connectivity index (χ1n) is 6.66. The summed E-state index contributed by atoms with van der Waals surface area (Å²) >= 11 is 6.74. The second-order valence-corrected chi connectivity index (χ2v) is 5.88. The Morgan fingerprint density at radius 3 is 2.59 bits per heavy atom. The number of nitrogens with one attached hydrogen (secondary N) is 3. The highest BCUT2D eigenvalue weighted by molar-refractivity contribution is 7.99. The van der Waals surface area contributed by atoms with E-state index < -0.39 is 6.09 Å². The third-order valence-electron chi connectivity index (χ3n) is 2.42. The number of hydrogen-bond donors (Lipinski definition) is 3. The predicted octanol–water partition coefficient (Wildman–Crippen LogP) is 3.20. The van der Waals surface area contributed by atoms with Crippen LogP contribution in [0.3, 0.4) is 0 Å². The van der Waals surface area contributed by atoms with Crippen molar-refractivity contribution in [2.24, 2.45) is 0 Å². The number of methoxy groups -OCH3 is 1. The van der Waals surface area contributed by atoms with Crippen LogP contribution in [0.25, 0.3) is 0 Å². The number of alkyl carbamates (subject to hydrolysis) is 1.